The number of hydrogen-bond donors (Lipinski definition) is 6. The Kier molecular flexibility index (Phi) is 10.3. The number of rotatable bonds is 8. The van der Waals surface area contributed by atoms with E-state index < -0.39 is 37.2 Å². The molecule has 0 bridgehead atoms. The van der Waals surface area contributed by atoms with Gasteiger partial charge in [-0.1, -0.05) is 0 Å². The third-order valence-corrected chi connectivity index (χ3v) is 5.67. The molecule has 0 heterocycles. The van der Waals surface area contributed by atoms with Crippen molar-refractivity contribution in [3.8, 4) is 0 Å². The van der Waals surface area contributed by atoms with Crippen LogP contribution in [0.3, 0.4) is 0 Å². The van der Waals surface area contributed by atoms with Crippen molar-refractivity contribution in [1.29, 1.82) is 0 Å². The van der Waals surface area contributed by atoms with Crippen molar-refractivity contribution in [2.45, 2.75) is 12.2 Å². The SMILES string of the molecule is O=C(NCC(O)CO)c1c(I)[c]c(I)c(C(=O)NCC(O)CO)c1I. The molecule has 6 N–H and O–H groups in total. The zero-order valence-corrected chi connectivity index (χ0v) is 19.2. The Morgan fingerprint density at radius 3 is 1.56 bits per heavy atom. The summed E-state index contributed by atoms with van der Waals surface area (Å²) >= 11 is 5.74. The molecule has 0 saturated heterocycles. The zero-order chi connectivity index (χ0) is 19.1. The molecule has 139 valence electrons. The third kappa shape index (κ3) is 6.69. The number of carbonyl (C=O) groups excluding carboxylic acids is 2. The molecule has 25 heavy (non-hydrogen) atoms. The summed E-state index contributed by atoms with van der Waals surface area (Å²) in [6.07, 6.45) is -2.15. The van der Waals surface area contributed by atoms with E-state index in [1.165, 1.54) is 0 Å². The molecule has 1 rings (SSSR count). The fourth-order valence-electron chi connectivity index (χ4n) is 1.66. The number of halogens is 3. The van der Waals surface area contributed by atoms with E-state index in [9.17, 15) is 19.8 Å². The lowest BCUT2D eigenvalue weighted by atomic mass is 10.1. The summed E-state index contributed by atoms with van der Waals surface area (Å²) < 4.78 is 1.42. The highest BCUT2D eigenvalue weighted by atomic mass is 127. The average molecular weight is 689 g/mol. The molecule has 0 saturated carbocycles. The van der Waals surface area contributed by atoms with Gasteiger partial charge in [0, 0.05) is 29.9 Å². The first-order valence-electron chi connectivity index (χ1n) is 6.96. The summed E-state index contributed by atoms with van der Waals surface area (Å²) in [4.78, 5) is 24.7. The van der Waals surface area contributed by atoms with Gasteiger partial charge in [-0.05, 0) is 67.8 Å². The Hall–Kier alpha value is 0.190. The first-order valence-corrected chi connectivity index (χ1v) is 10.2. The molecule has 1 aromatic rings. The maximum absolute atomic E-state index is 12.4. The average Bonchev–Trinajstić information content (AvgIpc) is 2.56. The van der Waals surface area contributed by atoms with Gasteiger partial charge in [0.25, 0.3) is 11.8 Å². The van der Waals surface area contributed by atoms with Gasteiger partial charge < -0.3 is 31.1 Å². The van der Waals surface area contributed by atoms with Crippen LogP contribution < -0.4 is 10.6 Å². The Morgan fingerprint density at radius 1 is 0.880 bits per heavy atom. The highest BCUT2D eigenvalue weighted by Gasteiger charge is 2.24. The van der Waals surface area contributed by atoms with Gasteiger partial charge >= 0.3 is 0 Å². The van der Waals surface area contributed by atoms with E-state index in [-0.39, 0.29) is 24.2 Å². The first-order chi connectivity index (χ1) is 11.7. The van der Waals surface area contributed by atoms with Gasteiger partial charge in [0.05, 0.1) is 36.5 Å². The van der Waals surface area contributed by atoms with Crippen LogP contribution in [0.5, 0.6) is 0 Å². The van der Waals surface area contributed by atoms with Crippen LogP contribution in [0.4, 0.5) is 0 Å². The summed E-state index contributed by atoms with van der Waals surface area (Å²) in [7, 11) is 0. The van der Waals surface area contributed by atoms with Gasteiger partial charge in [-0.2, -0.15) is 0 Å². The number of carbonyl (C=O) groups is 2. The van der Waals surface area contributed by atoms with Gasteiger partial charge in [0.2, 0.25) is 0 Å². The van der Waals surface area contributed by atoms with Crippen molar-refractivity contribution in [1.82, 2.24) is 10.6 Å². The number of amides is 2. The van der Waals surface area contributed by atoms with Crippen LogP contribution in [0.25, 0.3) is 0 Å². The smallest absolute Gasteiger partial charge is 0.253 e. The number of hydrogen-bond acceptors (Lipinski definition) is 6. The molecule has 0 aromatic heterocycles. The second kappa shape index (κ2) is 11.1. The molecule has 2 amide bonds. The zero-order valence-electron chi connectivity index (χ0n) is 12.7. The number of nitrogens with one attached hydrogen (secondary N) is 2. The molecule has 2 unspecified atom stereocenters. The molecule has 0 spiro atoms. The van der Waals surface area contributed by atoms with Crippen LogP contribution in [0.1, 0.15) is 20.7 Å². The van der Waals surface area contributed by atoms with Gasteiger partial charge in [-0.25, -0.2) is 0 Å². The molecular weight excluding hydrogens is 673 g/mol. The van der Waals surface area contributed by atoms with E-state index in [0.29, 0.717) is 10.7 Å². The minimum Gasteiger partial charge on any atom is -0.394 e. The Balaban J connectivity index is 3.08. The van der Waals surface area contributed by atoms with Crippen molar-refractivity contribution in [2.75, 3.05) is 26.3 Å². The molecule has 8 nitrogen and oxygen atoms in total. The van der Waals surface area contributed by atoms with E-state index >= 15 is 0 Å². The number of benzene rings is 1. The minimum atomic E-state index is -1.07. The van der Waals surface area contributed by atoms with Crippen LogP contribution in [0.15, 0.2) is 0 Å². The summed E-state index contributed by atoms with van der Waals surface area (Å²) in [6, 6.07) is 2.94. The molecule has 0 aliphatic heterocycles. The highest BCUT2D eigenvalue weighted by Crippen LogP contribution is 2.27. The van der Waals surface area contributed by atoms with Crippen molar-refractivity contribution in [3.05, 3.63) is 27.9 Å². The lowest BCUT2D eigenvalue weighted by Gasteiger charge is -2.16. The lowest BCUT2D eigenvalue weighted by Crippen LogP contribution is -2.36. The molecule has 0 aliphatic rings. The Morgan fingerprint density at radius 2 is 1.24 bits per heavy atom. The van der Waals surface area contributed by atoms with Crippen molar-refractivity contribution < 1.29 is 30.0 Å². The predicted molar refractivity (Wildman–Crippen MR) is 114 cm³/mol. The van der Waals surface area contributed by atoms with Gasteiger partial charge in [-0.15, -0.1) is 0 Å². The fourth-order valence-corrected chi connectivity index (χ4v) is 5.81. The van der Waals surface area contributed by atoms with Gasteiger partial charge in [0.15, 0.2) is 0 Å². The second-order valence-corrected chi connectivity index (χ2v) is 8.15. The molecule has 0 aliphatic carbocycles. The third-order valence-electron chi connectivity index (χ3n) is 2.97. The molecule has 11 heteroatoms. The van der Waals surface area contributed by atoms with Crippen LogP contribution in [0.2, 0.25) is 0 Å². The standard InChI is InChI=1S/C14H16I3N2O6/c15-8-1-9(16)11(14(25)19-3-7(23)5-21)12(17)10(8)13(24)18-2-6(22)4-20/h6-7,20-23H,2-5H2,(H,18,24)(H,19,25). The second-order valence-electron chi connectivity index (χ2n) is 4.91. The number of aliphatic hydroxyl groups is 4. The van der Waals surface area contributed by atoms with Crippen LogP contribution >= 0.6 is 67.8 Å². The Bertz CT molecular complexity index is 593. The molecule has 1 aromatic carbocycles. The monoisotopic (exact) mass is 689 g/mol. The molecule has 2 atom stereocenters. The maximum atomic E-state index is 12.4. The predicted octanol–water partition coefficient (Wildman–Crippen LogP) is -0.533. The molecule has 1 radical (unpaired) electrons. The van der Waals surface area contributed by atoms with Crippen LogP contribution in [0, 0.1) is 16.8 Å². The van der Waals surface area contributed by atoms with Gasteiger partial charge in [-0.3, -0.25) is 9.59 Å². The van der Waals surface area contributed by atoms with E-state index in [0.717, 1.165) is 0 Å². The normalized spacial score (nSPS) is 13.2. The van der Waals surface area contributed by atoms with Gasteiger partial charge in [0.1, 0.15) is 0 Å². The topological polar surface area (TPSA) is 139 Å². The number of aliphatic hydroxyl groups excluding tert-OH is 4. The molecule has 0 fully saturated rings. The van der Waals surface area contributed by atoms with E-state index in [1.54, 1.807) is 0 Å². The quantitative estimate of drug-likeness (QED) is 0.203. The highest BCUT2D eigenvalue weighted by molar-refractivity contribution is 14.1. The van der Waals surface area contributed by atoms with E-state index in [1.807, 2.05) is 67.8 Å². The summed E-state index contributed by atoms with van der Waals surface area (Å²) in [6.45, 7) is -1.21. The fraction of sp³-hybridized carbons (Fsp3) is 0.429. The van der Waals surface area contributed by atoms with Crippen molar-refractivity contribution in [3.63, 3.8) is 0 Å². The summed E-state index contributed by atoms with van der Waals surface area (Å²) in [5.41, 5.74) is 0.472. The van der Waals surface area contributed by atoms with Crippen molar-refractivity contribution in [2.24, 2.45) is 0 Å². The van der Waals surface area contributed by atoms with E-state index in [2.05, 4.69) is 16.7 Å². The van der Waals surface area contributed by atoms with Crippen LogP contribution in [-0.4, -0.2) is 70.8 Å². The summed E-state index contributed by atoms with van der Waals surface area (Å²) in [5, 5.41) is 41.3. The Labute approximate surface area is 185 Å². The largest absolute Gasteiger partial charge is 0.394 e. The molecular formula is C14H16I3N2O6. The maximum Gasteiger partial charge on any atom is 0.253 e. The summed E-state index contributed by atoms with van der Waals surface area (Å²) in [5.74, 6) is -1.00. The van der Waals surface area contributed by atoms with Crippen LogP contribution in [-0.2, 0) is 0 Å². The van der Waals surface area contributed by atoms with E-state index in [4.69, 9.17) is 10.2 Å². The lowest BCUT2D eigenvalue weighted by molar-refractivity contribution is 0.0798. The first kappa shape index (κ1) is 23.2. The minimum absolute atomic E-state index is 0.127. The van der Waals surface area contributed by atoms with Crippen molar-refractivity contribution >= 4 is 79.6 Å².